The Hall–Kier alpha value is -3.65. The SMILES string of the molecule is CCNC(CC)CNC(=O)c1c(O)c2ccccc2c2nc3c(OC)ccc(OC)c3nc12. The van der Waals surface area contributed by atoms with Crippen molar-refractivity contribution >= 4 is 38.7 Å². The average molecular weight is 449 g/mol. The number of nitrogens with one attached hydrogen (secondary N) is 2. The fraction of sp³-hybridized carbons (Fsp3) is 0.320. The highest BCUT2D eigenvalue weighted by Gasteiger charge is 2.24. The van der Waals surface area contributed by atoms with E-state index in [2.05, 4.69) is 17.6 Å². The van der Waals surface area contributed by atoms with E-state index in [4.69, 9.17) is 19.4 Å². The minimum absolute atomic E-state index is 0.0920. The maximum atomic E-state index is 13.3. The van der Waals surface area contributed by atoms with E-state index in [0.29, 0.717) is 50.9 Å². The number of carbonyl (C=O) groups is 1. The molecule has 0 aliphatic heterocycles. The van der Waals surface area contributed by atoms with E-state index < -0.39 is 5.91 Å². The summed E-state index contributed by atoms with van der Waals surface area (Å²) in [5.41, 5.74) is 1.87. The standard InChI is InChI=1S/C25H28N4O4/c1-5-14(26-6-2)13-27-25(31)19-23-20(15-9-7-8-10-16(15)24(19)30)28-21-17(32-3)11-12-18(33-4)22(21)29-23/h7-12,14,26,30H,5-6,13H2,1-4H3,(H,27,31). The van der Waals surface area contributed by atoms with Crippen LogP contribution in [0.5, 0.6) is 17.2 Å². The highest BCUT2D eigenvalue weighted by molar-refractivity contribution is 6.19. The van der Waals surface area contributed by atoms with Crippen molar-refractivity contribution in [2.45, 2.75) is 26.3 Å². The first-order valence-electron chi connectivity index (χ1n) is 11.0. The van der Waals surface area contributed by atoms with Gasteiger partial charge in [0.15, 0.2) is 0 Å². The molecule has 0 aliphatic rings. The van der Waals surface area contributed by atoms with E-state index in [1.807, 2.05) is 25.1 Å². The van der Waals surface area contributed by atoms with E-state index in [9.17, 15) is 9.90 Å². The maximum absolute atomic E-state index is 13.3. The normalized spacial score (nSPS) is 12.2. The molecule has 0 radical (unpaired) electrons. The lowest BCUT2D eigenvalue weighted by molar-refractivity contribution is 0.0948. The number of amides is 1. The van der Waals surface area contributed by atoms with Crippen LogP contribution in [0.15, 0.2) is 36.4 Å². The minimum Gasteiger partial charge on any atom is -0.506 e. The van der Waals surface area contributed by atoms with Crippen LogP contribution in [0, 0.1) is 0 Å². The molecule has 33 heavy (non-hydrogen) atoms. The zero-order valence-electron chi connectivity index (χ0n) is 19.2. The van der Waals surface area contributed by atoms with Crippen LogP contribution in [-0.2, 0) is 0 Å². The van der Waals surface area contributed by atoms with E-state index in [-0.39, 0.29) is 17.4 Å². The number of phenols is 1. The number of ether oxygens (including phenoxy) is 2. The number of phenolic OH excluding ortho intramolecular Hbond substituents is 1. The molecule has 1 amide bonds. The Morgan fingerprint density at radius 2 is 1.55 bits per heavy atom. The average Bonchev–Trinajstić information content (AvgIpc) is 2.85. The molecule has 4 aromatic rings. The second kappa shape index (κ2) is 9.46. The fourth-order valence-electron chi connectivity index (χ4n) is 4.09. The Kier molecular flexibility index (Phi) is 6.46. The van der Waals surface area contributed by atoms with Crippen LogP contribution in [-0.4, -0.2) is 54.3 Å². The Balaban J connectivity index is 1.99. The lowest BCUT2D eigenvalue weighted by atomic mass is 10.0. The molecular formula is C25H28N4O4. The maximum Gasteiger partial charge on any atom is 0.257 e. The third kappa shape index (κ3) is 3.98. The lowest BCUT2D eigenvalue weighted by Crippen LogP contribution is -2.40. The van der Waals surface area contributed by atoms with Gasteiger partial charge in [-0.25, -0.2) is 9.97 Å². The van der Waals surface area contributed by atoms with Crippen molar-refractivity contribution in [1.29, 1.82) is 0 Å². The van der Waals surface area contributed by atoms with Crippen molar-refractivity contribution in [3.8, 4) is 17.2 Å². The van der Waals surface area contributed by atoms with Crippen LogP contribution < -0.4 is 20.1 Å². The predicted octanol–water partition coefficient (Wildman–Crippen LogP) is 3.78. The molecule has 4 rings (SSSR count). The predicted molar refractivity (Wildman–Crippen MR) is 129 cm³/mol. The third-order valence-corrected chi connectivity index (χ3v) is 5.82. The molecule has 0 aliphatic carbocycles. The Bertz CT molecular complexity index is 1340. The van der Waals surface area contributed by atoms with Gasteiger partial charge in [-0.15, -0.1) is 0 Å². The van der Waals surface area contributed by atoms with Gasteiger partial charge in [0.25, 0.3) is 5.91 Å². The van der Waals surface area contributed by atoms with Gasteiger partial charge < -0.3 is 25.2 Å². The summed E-state index contributed by atoms with van der Waals surface area (Å²) >= 11 is 0. The van der Waals surface area contributed by atoms with Crippen molar-refractivity contribution in [2.75, 3.05) is 27.3 Å². The van der Waals surface area contributed by atoms with Gasteiger partial charge in [-0.05, 0) is 25.1 Å². The molecule has 1 heterocycles. The molecular weight excluding hydrogens is 420 g/mol. The van der Waals surface area contributed by atoms with E-state index in [1.54, 1.807) is 32.4 Å². The molecule has 3 aromatic carbocycles. The quantitative estimate of drug-likeness (QED) is 0.278. The zero-order chi connectivity index (χ0) is 23.5. The molecule has 0 bridgehead atoms. The summed E-state index contributed by atoms with van der Waals surface area (Å²) in [5, 5.41) is 18.7. The van der Waals surface area contributed by atoms with Crippen molar-refractivity contribution in [3.63, 3.8) is 0 Å². The second-order valence-corrected chi connectivity index (χ2v) is 7.73. The summed E-state index contributed by atoms with van der Waals surface area (Å²) < 4.78 is 11.0. The van der Waals surface area contributed by atoms with E-state index >= 15 is 0 Å². The monoisotopic (exact) mass is 448 g/mol. The summed E-state index contributed by atoms with van der Waals surface area (Å²) in [5.74, 6) is 0.509. The van der Waals surface area contributed by atoms with Crippen molar-refractivity contribution in [3.05, 3.63) is 42.0 Å². The van der Waals surface area contributed by atoms with E-state index in [0.717, 1.165) is 13.0 Å². The molecule has 8 nitrogen and oxygen atoms in total. The van der Waals surface area contributed by atoms with Crippen LogP contribution in [0.1, 0.15) is 30.6 Å². The van der Waals surface area contributed by atoms with Gasteiger partial charge in [0.05, 0.1) is 19.7 Å². The number of rotatable bonds is 8. The zero-order valence-corrected chi connectivity index (χ0v) is 19.2. The van der Waals surface area contributed by atoms with Crippen LogP contribution in [0.25, 0.3) is 32.8 Å². The molecule has 0 saturated carbocycles. The van der Waals surface area contributed by atoms with Crippen molar-refractivity contribution in [1.82, 2.24) is 20.6 Å². The molecule has 0 saturated heterocycles. The summed E-state index contributed by atoms with van der Waals surface area (Å²) in [7, 11) is 3.11. The molecule has 0 fully saturated rings. The van der Waals surface area contributed by atoms with E-state index in [1.165, 1.54) is 0 Å². The molecule has 1 unspecified atom stereocenters. The summed E-state index contributed by atoms with van der Waals surface area (Å²) in [6, 6.07) is 10.9. The van der Waals surface area contributed by atoms with Crippen LogP contribution in [0.4, 0.5) is 0 Å². The third-order valence-electron chi connectivity index (χ3n) is 5.82. The number of likely N-dealkylation sites (N-methyl/N-ethyl adjacent to an activating group) is 1. The number of aromatic hydroxyl groups is 1. The second-order valence-electron chi connectivity index (χ2n) is 7.73. The fourth-order valence-corrected chi connectivity index (χ4v) is 4.09. The first kappa shape index (κ1) is 22.5. The molecule has 8 heteroatoms. The largest absolute Gasteiger partial charge is 0.506 e. The molecule has 3 N–H and O–H groups in total. The number of hydrogen-bond donors (Lipinski definition) is 3. The number of carbonyl (C=O) groups excluding carboxylic acids is 1. The Morgan fingerprint density at radius 3 is 2.12 bits per heavy atom. The van der Waals surface area contributed by atoms with Crippen LogP contribution in [0.3, 0.4) is 0 Å². The van der Waals surface area contributed by atoms with Gasteiger partial charge >= 0.3 is 0 Å². The van der Waals surface area contributed by atoms with Gasteiger partial charge in [0.2, 0.25) is 0 Å². The minimum atomic E-state index is -0.407. The number of fused-ring (bicyclic) bond motifs is 4. The first-order chi connectivity index (χ1) is 16.0. The van der Waals surface area contributed by atoms with Crippen molar-refractivity contribution < 1.29 is 19.4 Å². The summed E-state index contributed by atoms with van der Waals surface area (Å²) in [4.78, 5) is 22.9. The highest BCUT2D eigenvalue weighted by Crippen LogP contribution is 2.39. The number of aromatic nitrogens is 2. The first-order valence-corrected chi connectivity index (χ1v) is 11.0. The highest BCUT2D eigenvalue weighted by atomic mass is 16.5. The van der Waals surface area contributed by atoms with Gasteiger partial charge in [-0.1, -0.05) is 38.1 Å². The Labute approximate surface area is 191 Å². The lowest BCUT2D eigenvalue weighted by Gasteiger charge is -2.18. The molecule has 1 aromatic heterocycles. The molecule has 1 atom stereocenters. The smallest absolute Gasteiger partial charge is 0.257 e. The van der Waals surface area contributed by atoms with Gasteiger partial charge in [0.1, 0.15) is 39.4 Å². The summed E-state index contributed by atoms with van der Waals surface area (Å²) in [6.07, 6.45) is 0.861. The van der Waals surface area contributed by atoms with Gasteiger partial charge in [0, 0.05) is 23.4 Å². The Morgan fingerprint density at radius 1 is 0.939 bits per heavy atom. The van der Waals surface area contributed by atoms with Crippen LogP contribution in [0.2, 0.25) is 0 Å². The number of hydrogen-bond acceptors (Lipinski definition) is 7. The number of methoxy groups -OCH3 is 2. The van der Waals surface area contributed by atoms with Gasteiger partial charge in [-0.3, -0.25) is 4.79 Å². The molecule has 0 spiro atoms. The number of benzene rings is 3. The summed E-state index contributed by atoms with van der Waals surface area (Å²) in [6.45, 7) is 5.31. The van der Waals surface area contributed by atoms with Gasteiger partial charge in [-0.2, -0.15) is 0 Å². The van der Waals surface area contributed by atoms with Crippen LogP contribution >= 0.6 is 0 Å². The molecule has 172 valence electrons. The number of nitrogens with zero attached hydrogens (tertiary/aromatic N) is 2. The van der Waals surface area contributed by atoms with Crippen molar-refractivity contribution in [2.24, 2.45) is 0 Å². The topological polar surface area (TPSA) is 106 Å².